The minimum Gasteiger partial charge on any atom is -0.545 e. The summed E-state index contributed by atoms with van der Waals surface area (Å²) in [5.41, 5.74) is 1.27. The lowest BCUT2D eigenvalue weighted by atomic mass is 10.1. The Morgan fingerprint density at radius 3 is 2.25 bits per heavy atom. The van der Waals surface area contributed by atoms with E-state index in [9.17, 15) is 9.90 Å². The Labute approximate surface area is 79.3 Å². The zero-order valence-corrected chi connectivity index (χ0v) is 8.17. The normalized spacial score (nSPS) is 12.5. The Morgan fingerprint density at radius 2 is 1.92 bits per heavy atom. The molecule has 0 saturated heterocycles. The van der Waals surface area contributed by atoms with Gasteiger partial charge in [0.05, 0.1) is 5.97 Å². The molecule has 0 unspecified atom stereocenters. The minimum absolute atomic E-state index is 0.215. The van der Waals surface area contributed by atoms with Crippen molar-refractivity contribution in [2.75, 3.05) is 0 Å². The molecule has 1 rings (SSSR count). The van der Waals surface area contributed by atoms with E-state index in [0.717, 1.165) is 5.56 Å². The highest BCUT2D eigenvalue weighted by Gasteiger charge is 1.99. The molecule has 0 radical (unpaired) electrons. The number of hydrogen-bond donors (Lipinski definition) is 0. The van der Waals surface area contributed by atoms with E-state index in [1.165, 1.54) is 0 Å². The summed E-state index contributed by atoms with van der Waals surface area (Å²) in [4.78, 5) is 10.6. The molecular weight excluding hydrogens is 220 g/mol. The van der Waals surface area contributed by atoms with Gasteiger partial charge in [-0.05, 0) is 18.1 Å². The van der Waals surface area contributed by atoms with Crippen LogP contribution in [0.4, 0.5) is 0 Å². The van der Waals surface area contributed by atoms with Crippen LogP contribution in [0.1, 0.15) is 27.7 Å². The second-order valence-electron chi connectivity index (χ2n) is 2.53. The molecule has 12 heavy (non-hydrogen) atoms. The Hall–Kier alpha value is -0.830. The fraction of sp³-hybridized carbons (Fsp3) is 0.222. The van der Waals surface area contributed by atoms with Crippen LogP contribution in [0.2, 0.25) is 0 Å². The van der Waals surface area contributed by atoms with Gasteiger partial charge >= 0.3 is 0 Å². The molecule has 0 heterocycles. The smallest absolute Gasteiger partial charge is 0.0715 e. The van der Waals surface area contributed by atoms with Gasteiger partial charge in [0.15, 0.2) is 0 Å². The van der Waals surface area contributed by atoms with Crippen LogP contribution in [-0.4, -0.2) is 5.97 Å². The molecule has 2 nitrogen and oxygen atoms in total. The van der Waals surface area contributed by atoms with Gasteiger partial charge in [-0.2, -0.15) is 0 Å². The Kier molecular flexibility index (Phi) is 2.87. The van der Waals surface area contributed by atoms with Crippen LogP contribution in [0.25, 0.3) is 0 Å². The second-order valence-corrected chi connectivity index (χ2v) is 3.90. The quantitative estimate of drug-likeness (QED) is 0.719. The number of alkyl halides is 1. The fourth-order valence-electron chi connectivity index (χ4n) is 0.884. The average molecular weight is 228 g/mol. The summed E-state index contributed by atoms with van der Waals surface area (Å²) in [5.74, 6) is -1.14. The molecule has 64 valence electrons. The summed E-state index contributed by atoms with van der Waals surface area (Å²) in [6.45, 7) is 1.98. The van der Waals surface area contributed by atoms with Crippen molar-refractivity contribution in [2.24, 2.45) is 0 Å². The SMILES string of the molecule is C[C@H](Br)c1ccc(C(=O)[O-])cc1. The number of carbonyl (C=O) groups excluding carboxylic acids is 1. The van der Waals surface area contributed by atoms with Gasteiger partial charge in [-0.1, -0.05) is 40.2 Å². The molecule has 1 aromatic rings. The second kappa shape index (κ2) is 3.72. The first kappa shape index (κ1) is 9.26. The summed E-state index contributed by atoms with van der Waals surface area (Å²) in [7, 11) is 0. The molecule has 0 aliphatic rings. The van der Waals surface area contributed by atoms with Gasteiger partial charge in [-0.3, -0.25) is 0 Å². The number of halogens is 1. The van der Waals surface area contributed by atoms with Crippen LogP contribution in [0, 0.1) is 0 Å². The first-order chi connectivity index (χ1) is 5.61. The van der Waals surface area contributed by atoms with E-state index in [1.807, 2.05) is 6.92 Å². The number of benzene rings is 1. The molecule has 1 aromatic carbocycles. The van der Waals surface area contributed by atoms with E-state index in [1.54, 1.807) is 24.3 Å². The molecule has 1 atom stereocenters. The first-order valence-corrected chi connectivity index (χ1v) is 4.48. The van der Waals surface area contributed by atoms with E-state index in [2.05, 4.69) is 15.9 Å². The maximum absolute atomic E-state index is 10.4. The number of carbonyl (C=O) groups is 1. The standard InChI is InChI=1S/C9H9BrO2/c1-6(10)7-2-4-8(5-3-7)9(11)12/h2-6H,1H3,(H,11,12)/p-1/t6-/m0/s1. The number of hydrogen-bond acceptors (Lipinski definition) is 2. The number of carboxylic acid groups (broad SMARTS) is 1. The van der Waals surface area contributed by atoms with Crippen molar-refractivity contribution in [3.8, 4) is 0 Å². The van der Waals surface area contributed by atoms with Gasteiger partial charge < -0.3 is 9.90 Å². The van der Waals surface area contributed by atoms with Crippen molar-refractivity contribution in [1.82, 2.24) is 0 Å². The molecule has 0 aliphatic heterocycles. The summed E-state index contributed by atoms with van der Waals surface area (Å²) >= 11 is 3.38. The van der Waals surface area contributed by atoms with E-state index in [4.69, 9.17) is 0 Å². The Morgan fingerprint density at radius 1 is 1.42 bits per heavy atom. The molecule has 0 spiro atoms. The molecule has 0 saturated carbocycles. The first-order valence-electron chi connectivity index (χ1n) is 3.56. The van der Waals surface area contributed by atoms with Gasteiger partial charge in [0, 0.05) is 4.83 Å². The Bertz CT molecular complexity index is 277. The highest BCUT2D eigenvalue weighted by molar-refractivity contribution is 9.09. The van der Waals surface area contributed by atoms with Crippen LogP contribution in [0.15, 0.2) is 24.3 Å². The van der Waals surface area contributed by atoms with Crippen molar-refractivity contribution >= 4 is 21.9 Å². The molecule has 0 amide bonds. The molecule has 0 fully saturated rings. The van der Waals surface area contributed by atoms with E-state index in [0.29, 0.717) is 0 Å². The van der Waals surface area contributed by atoms with Crippen LogP contribution < -0.4 is 5.11 Å². The van der Waals surface area contributed by atoms with Crippen LogP contribution in [-0.2, 0) is 0 Å². The summed E-state index contributed by atoms with van der Waals surface area (Å²) in [5, 5.41) is 10.4. The molecule has 0 bridgehead atoms. The Balaban J connectivity index is 2.93. The van der Waals surface area contributed by atoms with Gasteiger partial charge in [0.25, 0.3) is 0 Å². The largest absolute Gasteiger partial charge is 0.545 e. The third kappa shape index (κ3) is 2.08. The maximum Gasteiger partial charge on any atom is 0.0715 e. The lowest BCUT2D eigenvalue weighted by Crippen LogP contribution is -2.21. The number of carboxylic acids is 1. The maximum atomic E-state index is 10.4. The van der Waals surface area contributed by atoms with Crippen LogP contribution in [0.5, 0.6) is 0 Å². The topological polar surface area (TPSA) is 40.1 Å². The number of rotatable bonds is 2. The predicted molar refractivity (Wildman–Crippen MR) is 48.1 cm³/mol. The summed E-state index contributed by atoms with van der Waals surface area (Å²) in [6, 6.07) is 6.62. The van der Waals surface area contributed by atoms with Crippen LogP contribution >= 0.6 is 15.9 Å². The minimum atomic E-state index is -1.14. The van der Waals surface area contributed by atoms with Crippen molar-refractivity contribution in [1.29, 1.82) is 0 Å². The van der Waals surface area contributed by atoms with Crippen molar-refractivity contribution < 1.29 is 9.90 Å². The van der Waals surface area contributed by atoms with Gasteiger partial charge in [0.1, 0.15) is 0 Å². The van der Waals surface area contributed by atoms with Crippen molar-refractivity contribution in [2.45, 2.75) is 11.8 Å². The van der Waals surface area contributed by atoms with Crippen molar-refractivity contribution in [3.63, 3.8) is 0 Å². The molecule has 3 heteroatoms. The lowest BCUT2D eigenvalue weighted by molar-refractivity contribution is -0.255. The van der Waals surface area contributed by atoms with Crippen LogP contribution in [0.3, 0.4) is 0 Å². The van der Waals surface area contributed by atoms with Crippen molar-refractivity contribution in [3.05, 3.63) is 35.4 Å². The van der Waals surface area contributed by atoms with Gasteiger partial charge in [0.2, 0.25) is 0 Å². The third-order valence-corrected chi connectivity index (χ3v) is 2.13. The zero-order valence-electron chi connectivity index (χ0n) is 6.58. The lowest BCUT2D eigenvalue weighted by Gasteiger charge is -2.05. The highest BCUT2D eigenvalue weighted by Crippen LogP contribution is 2.21. The summed E-state index contributed by atoms with van der Waals surface area (Å²) < 4.78 is 0. The van der Waals surface area contributed by atoms with E-state index in [-0.39, 0.29) is 10.4 Å². The molecule has 0 aliphatic carbocycles. The third-order valence-electron chi connectivity index (χ3n) is 1.61. The molecule has 0 aromatic heterocycles. The van der Waals surface area contributed by atoms with Gasteiger partial charge in [-0.25, -0.2) is 0 Å². The zero-order chi connectivity index (χ0) is 9.14. The highest BCUT2D eigenvalue weighted by atomic mass is 79.9. The monoisotopic (exact) mass is 227 g/mol. The number of aromatic carboxylic acids is 1. The van der Waals surface area contributed by atoms with E-state index < -0.39 is 5.97 Å². The van der Waals surface area contributed by atoms with E-state index >= 15 is 0 Å². The molecule has 0 N–H and O–H groups in total. The molecular formula is C9H8BrO2-. The van der Waals surface area contributed by atoms with Gasteiger partial charge in [-0.15, -0.1) is 0 Å². The summed E-state index contributed by atoms with van der Waals surface area (Å²) in [6.07, 6.45) is 0. The average Bonchev–Trinajstić information content (AvgIpc) is 2.04. The predicted octanol–water partition coefficient (Wildman–Crippen LogP) is 1.51. The fourth-order valence-corrected chi connectivity index (χ4v) is 1.19.